The molecule has 0 spiro atoms. The average molecular weight is 352 g/mol. The van der Waals surface area contributed by atoms with Crippen molar-refractivity contribution >= 4 is 16.9 Å². The number of aromatic nitrogens is 1. The van der Waals surface area contributed by atoms with Crippen molar-refractivity contribution in [3.63, 3.8) is 0 Å². The van der Waals surface area contributed by atoms with Crippen LogP contribution in [0.4, 0.5) is 0 Å². The van der Waals surface area contributed by atoms with E-state index >= 15 is 0 Å². The molecule has 2 heterocycles. The molecule has 3 N–H and O–H groups in total. The Hall–Kier alpha value is -2.99. The van der Waals surface area contributed by atoms with Crippen LogP contribution in [0.15, 0.2) is 42.5 Å². The SMILES string of the molecule is COC(=O)C1Cc2c([nH]c3ccccc23)C(c2ccc(OC)c(O)c2)N1. The van der Waals surface area contributed by atoms with Crippen molar-refractivity contribution in [3.05, 3.63) is 59.3 Å². The number of esters is 1. The lowest BCUT2D eigenvalue weighted by atomic mass is 9.90. The van der Waals surface area contributed by atoms with Gasteiger partial charge in [0.15, 0.2) is 11.5 Å². The lowest BCUT2D eigenvalue weighted by molar-refractivity contribution is -0.143. The molecule has 1 aliphatic rings. The topological polar surface area (TPSA) is 83.6 Å². The Morgan fingerprint density at radius 3 is 2.73 bits per heavy atom. The van der Waals surface area contributed by atoms with Crippen LogP contribution in [0, 0.1) is 0 Å². The van der Waals surface area contributed by atoms with Gasteiger partial charge in [0.1, 0.15) is 6.04 Å². The van der Waals surface area contributed by atoms with E-state index in [4.69, 9.17) is 9.47 Å². The highest BCUT2D eigenvalue weighted by Crippen LogP contribution is 2.37. The summed E-state index contributed by atoms with van der Waals surface area (Å²) in [5, 5.41) is 14.6. The molecule has 6 nitrogen and oxygen atoms in total. The van der Waals surface area contributed by atoms with Crippen molar-refractivity contribution in [1.82, 2.24) is 10.3 Å². The molecule has 2 atom stereocenters. The molecule has 4 rings (SSSR count). The van der Waals surface area contributed by atoms with Gasteiger partial charge < -0.3 is 19.6 Å². The number of aromatic amines is 1. The number of carbonyl (C=O) groups is 1. The molecule has 2 aromatic carbocycles. The Morgan fingerprint density at radius 1 is 1.19 bits per heavy atom. The Kier molecular flexibility index (Phi) is 4.05. The van der Waals surface area contributed by atoms with Gasteiger partial charge >= 0.3 is 5.97 Å². The molecule has 0 amide bonds. The summed E-state index contributed by atoms with van der Waals surface area (Å²) in [6.07, 6.45) is 0.546. The number of ether oxygens (including phenoxy) is 2. The number of nitrogens with one attached hydrogen (secondary N) is 2. The first-order valence-corrected chi connectivity index (χ1v) is 8.42. The largest absolute Gasteiger partial charge is 0.504 e. The van der Waals surface area contributed by atoms with Gasteiger partial charge in [-0.25, -0.2) is 0 Å². The van der Waals surface area contributed by atoms with Gasteiger partial charge in [-0.1, -0.05) is 24.3 Å². The van der Waals surface area contributed by atoms with Gasteiger partial charge in [-0.15, -0.1) is 0 Å². The molecule has 26 heavy (non-hydrogen) atoms. The zero-order valence-corrected chi connectivity index (χ0v) is 14.6. The summed E-state index contributed by atoms with van der Waals surface area (Å²) in [6.45, 7) is 0. The summed E-state index contributed by atoms with van der Waals surface area (Å²) < 4.78 is 10.1. The number of carbonyl (C=O) groups excluding carboxylic acids is 1. The summed E-state index contributed by atoms with van der Waals surface area (Å²) in [7, 11) is 2.90. The first-order chi connectivity index (χ1) is 12.6. The van der Waals surface area contributed by atoms with E-state index in [0.29, 0.717) is 12.2 Å². The van der Waals surface area contributed by atoms with Crippen LogP contribution in [0.5, 0.6) is 11.5 Å². The van der Waals surface area contributed by atoms with E-state index in [1.807, 2.05) is 30.3 Å². The summed E-state index contributed by atoms with van der Waals surface area (Å²) in [4.78, 5) is 15.7. The number of rotatable bonds is 3. The molecular formula is C20H20N2O4. The lowest BCUT2D eigenvalue weighted by Gasteiger charge is -2.30. The molecule has 134 valence electrons. The van der Waals surface area contributed by atoms with Gasteiger partial charge in [-0.2, -0.15) is 0 Å². The predicted molar refractivity (Wildman–Crippen MR) is 97.4 cm³/mol. The zero-order chi connectivity index (χ0) is 18.3. The first-order valence-electron chi connectivity index (χ1n) is 8.42. The molecule has 1 aromatic heterocycles. The second-order valence-corrected chi connectivity index (χ2v) is 6.37. The van der Waals surface area contributed by atoms with Gasteiger partial charge in [0.25, 0.3) is 0 Å². The number of phenolic OH excluding ortho intramolecular Hbond substituents is 1. The maximum Gasteiger partial charge on any atom is 0.323 e. The smallest absolute Gasteiger partial charge is 0.323 e. The van der Waals surface area contributed by atoms with E-state index in [0.717, 1.165) is 27.7 Å². The van der Waals surface area contributed by atoms with Crippen molar-refractivity contribution in [2.75, 3.05) is 14.2 Å². The number of phenols is 1. The van der Waals surface area contributed by atoms with E-state index in [1.165, 1.54) is 14.2 Å². The fourth-order valence-corrected chi connectivity index (χ4v) is 3.68. The number of methoxy groups -OCH3 is 2. The number of hydrogen-bond donors (Lipinski definition) is 3. The minimum atomic E-state index is -0.457. The maximum absolute atomic E-state index is 12.2. The summed E-state index contributed by atoms with van der Waals surface area (Å²) in [5.41, 5.74) is 3.95. The van der Waals surface area contributed by atoms with Crippen LogP contribution in [-0.4, -0.2) is 36.3 Å². The van der Waals surface area contributed by atoms with Crippen molar-refractivity contribution < 1.29 is 19.4 Å². The molecule has 0 aliphatic carbocycles. The summed E-state index contributed by atoms with van der Waals surface area (Å²) in [5.74, 6) is 0.166. The molecule has 3 aromatic rings. The predicted octanol–water partition coefficient (Wildman–Crippen LogP) is 2.66. The minimum absolute atomic E-state index is 0.0599. The first kappa shape index (κ1) is 16.5. The average Bonchev–Trinajstić information content (AvgIpc) is 3.05. The monoisotopic (exact) mass is 352 g/mol. The van der Waals surface area contributed by atoms with Crippen molar-refractivity contribution in [3.8, 4) is 11.5 Å². The van der Waals surface area contributed by atoms with Gasteiger partial charge in [-0.05, 0) is 29.3 Å². The van der Waals surface area contributed by atoms with E-state index < -0.39 is 6.04 Å². The van der Waals surface area contributed by atoms with Crippen LogP contribution in [0.2, 0.25) is 0 Å². The van der Waals surface area contributed by atoms with Crippen LogP contribution in [0.3, 0.4) is 0 Å². The second kappa shape index (κ2) is 6.38. The van der Waals surface area contributed by atoms with Crippen LogP contribution in [-0.2, 0) is 16.0 Å². The van der Waals surface area contributed by atoms with Gasteiger partial charge in [0, 0.05) is 23.0 Å². The zero-order valence-electron chi connectivity index (χ0n) is 14.6. The Labute approximate surface area is 150 Å². The van der Waals surface area contributed by atoms with E-state index in [9.17, 15) is 9.90 Å². The summed E-state index contributed by atoms with van der Waals surface area (Å²) >= 11 is 0. The van der Waals surface area contributed by atoms with Crippen LogP contribution >= 0.6 is 0 Å². The third kappa shape index (κ3) is 2.59. The number of hydrogen-bond acceptors (Lipinski definition) is 5. The molecule has 0 radical (unpaired) electrons. The highest BCUT2D eigenvalue weighted by molar-refractivity contribution is 5.87. The molecule has 0 bridgehead atoms. The minimum Gasteiger partial charge on any atom is -0.504 e. The van der Waals surface area contributed by atoms with E-state index in [2.05, 4.69) is 10.3 Å². The van der Waals surface area contributed by atoms with Gasteiger partial charge in [0.05, 0.1) is 20.3 Å². The number of aromatic hydroxyl groups is 1. The molecule has 0 saturated heterocycles. The van der Waals surface area contributed by atoms with Crippen molar-refractivity contribution in [1.29, 1.82) is 0 Å². The standard InChI is InChI=1S/C20H20N2O4/c1-25-17-8-7-11(9-16(17)23)18-19-13(10-15(22-18)20(24)26-2)12-5-3-4-6-14(12)21-19/h3-9,15,18,21-23H,10H2,1-2H3. The highest BCUT2D eigenvalue weighted by atomic mass is 16.5. The van der Waals surface area contributed by atoms with E-state index in [-0.39, 0.29) is 17.8 Å². The van der Waals surface area contributed by atoms with Gasteiger partial charge in [0.2, 0.25) is 0 Å². The fourth-order valence-electron chi connectivity index (χ4n) is 3.68. The van der Waals surface area contributed by atoms with Crippen LogP contribution < -0.4 is 10.1 Å². The normalized spacial score (nSPS) is 19.2. The third-order valence-corrected chi connectivity index (χ3v) is 4.93. The molecule has 1 aliphatic heterocycles. The maximum atomic E-state index is 12.2. The Balaban J connectivity index is 1.86. The Bertz CT molecular complexity index is 979. The molecule has 2 unspecified atom stereocenters. The number of benzene rings is 2. The highest BCUT2D eigenvalue weighted by Gasteiger charge is 2.34. The molecular weight excluding hydrogens is 332 g/mol. The van der Waals surface area contributed by atoms with Crippen LogP contribution in [0.25, 0.3) is 10.9 Å². The lowest BCUT2D eigenvalue weighted by Crippen LogP contribution is -2.45. The van der Waals surface area contributed by atoms with Crippen LogP contribution in [0.1, 0.15) is 22.9 Å². The van der Waals surface area contributed by atoms with Crippen molar-refractivity contribution in [2.24, 2.45) is 0 Å². The quantitative estimate of drug-likeness (QED) is 0.631. The third-order valence-electron chi connectivity index (χ3n) is 4.93. The fraction of sp³-hybridized carbons (Fsp3) is 0.250. The summed E-state index contributed by atoms with van der Waals surface area (Å²) in [6, 6.07) is 12.6. The molecule has 6 heteroatoms. The van der Waals surface area contributed by atoms with Gasteiger partial charge in [-0.3, -0.25) is 10.1 Å². The van der Waals surface area contributed by atoms with E-state index in [1.54, 1.807) is 12.1 Å². The Morgan fingerprint density at radius 2 is 2.00 bits per heavy atom. The molecule has 0 fully saturated rings. The second-order valence-electron chi connectivity index (χ2n) is 6.37. The number of H-pyrrole nitrogens is 1. The number of para-hydroxylation sites is 1. The molecule has 0 saturated carbocycles. The number of fused-ring (bicyclic) bond motifs is 3. The van der Waals surface area contributed by atoms with Crippen molar-refractivity contribution in [2.45, 2.75) is 18.5 Å².